The lowest BCUT2D eigenvalue weighted by atomic mass is 9.94. The molecule has 1 aromatic carbocycles. The van der Waals surface area contributed by atoms with Crippen molar-refractivity contribution >= 4 is 21.8 Å². The Morgan fingerprint density at radius 2 is 1.80 bits per heavy atom. The lowest BCUT2D eigenvalue weighted by Gasteiger charge is -2.31. The van der Waals surface area contributed by atoms with Gasteiger partial charge in [0.2, 0.25) is 16.0 Å². The van der Waals surface area contributed by atoms with Gasteiger partial charge in [-0.3, -0.25) is 0 Å². The zero-order valence-electron chi connectivity index (χ0n) is 16.5. The van der Waals surface area contributed by atoms with E-state index in [0.29, 0.717) is 43.3 Å². The maximum atomic E-state index is 13.5. The van der Waals surface area contributed by atoms with Crippen LogP contribution in [0, 0.1) is 12.7 Å². The number of benzene rings is 1. The third-order valence-corrected chi connectivity index (χ3v) is 7.11. The molecule has 0 atom stereocenters. The van der Waals surface area contributed by atoms with E-state index in [4.69, 9.17) is 0 Å². The first-order chi connectivity index (χ1) is 14.4. The van der Waals surface area contributed by atoms with Crippen molar-refractivity contribution in [3.8, 4) is 0 Å². The van der Waals surface area contributed by atoms with E-state index in [1.807, 2.05) is 18.2 Å². The van der Waals surface area contributed by atoms with Crippen LogP contribution < -0.4 is 5.32 Å². The SMILES string of the molecule is Cc1cc(S(=O)(=O)N2CCC(c3cccc(Nc4ncccn4)n3)CC2)ccc1F. The monoisotopic (exact) mass is 427 g/mol. The van der Waals surface area contributed by atoms with Crippen LogP contribution in [0.15, 0.2) is 59.8 Å². The molecule has 4 rings (SSSR count). The number of hydrogen-bond donors (Lipinski definition) is 1. The van der Waals surface area contributed by atoms with Gasteiger partial charge in [0.15, 0.2) is 0 Å². The van der Waals surface area contributed by atoms with E-state index < -0.39 is 15.8 Å². The Hall–Kier alpha value is -2.91. The van der Waals surface area contributed by atoms with Crippen molar-refractivity contribution in [2.24, 2.45) is 0 Å². The molecule has 2 aromatic heterocycles. The molecule has 0 aliphatic carbocycles. The summed E-state index contributed by atoms with van der Waals surface area (Å²) in [5, 5.41) is 3.08. The number of pyridine rings is 1. The molecule has 3 heterocycles. The highest BCUT2D eigenvalue weighted by Crippen LogP contribution is 2.31. The third-order valence-electron chi connectivity index (χ3n) is 5.22. The summed E-state index contributed by atoms with van der Waals surface area (Å²) in [7, 11) is -3.64. The van der Waals surface area contributed by atoms with Crippen molar-refractivity contribution in [2.45, 2.75) is 30.6 Å². The number of rotatable bonds is 5. The summed E-state index contributed by atoms with van der Waals surface area (Å²) in [6, 6.07) is 11.4. The van der Waals surface area contributed by atoms with Crippen molar-refractivity contribution < 1.29 is 12.8 Å². The highest BCUT2D eigenvalue weighted by atomic mass is 32.2. The van der Waals surface area contributed by atoms with E-state index in [1.165, 1.54) is 22.5 Å². The number of aromatic nitrogens is 3. The number of nitrogens with zero attached hydrogens (tertiary/aromatic N) is 4. The minimum Gasteiger partial charge on any atom is -0.309 e. The number of aryl methyl sites for hydroxylation is 1. The summed E-state index contributed by atoms with van der Waals surface area (Å²) in [6.07, 6.45) is 4.63. The van der Waals surface area contributed by atoms with Gasteiger partial charge in [-0.05, 0) is 61.7 Å². The number of sulfonamides is 1. The summed E-state index contributed by atoms with van der Waals surface area (Å²) >= 11 is 0. The maximum absolute atomic E-state index is 13.5. The Kier molecular flexibility index (Phi) is 5.74. The summed E-state index contributed by atoms with van der Waals surface area (Å²) < 4.78 is 40.8. The fourth-order valence-corrected chi connectivity index (χ4v) is 5.10. The van der Waals surface area contributed by atoms with E-state index in [-0.39, 0.29) is 10.8 Å². The second-order valence-corrected chi connectivity index (χ2v) is 9.17. The first kappa shape index (κ1) is 20.4. The van der Waals surface area contributed by atoms with Crippen molar-refractivity contribution in [1.82, 2.24) is 19.3 Å². The predicted molar refractivity (Wildman–Crippen MR) is 111 cm³/mol. The second-order valence-electron chi connectivity index (χ2n) is 7.23. The molecule has 0 radical (unpaired) electrons. The van der Waals surface area contributed by atoms with Crippen molar-refractivity contribution in [1.29, 1.82) is 0 Å². The molecule has 156 valence electrons. The Morgan fingerprint density at radius 3 is 2.50 bits per heavy atom. The van der Waals surface area contributed by atoms with Gasteiger partial charge in [-0.25, -0.2) is 27.8 Å². The van der Waals surface area contributed by atoms with E-state index in [1.54, 1.807) is 25.4 Å². The van der Waals surface area contributed by atoms with Gasteiger partial charge >= 0.3 is 0 Å². The van der Waals surface area contributed by atoms with Crippen molar-refractivity contribution in [3.63, 3.8) is 0 Å². The van der Waals surface area contributed by atoms with Gasteiger partial charge in [0.05, 0.1) is 4.90 Å². The summed E-state index contributed by atoms with van der Waals surface area (Å²) in [4.78, 5) is 13.1. The first-order valence-corrected chi connectivity index (χ1v) is 11.1. The molecule has 30 heavy (non-hydrogen) atoms. The van der Waals surface area contributed by atoms with Crippen molar-refractivity contribution in [2.75, 3.05) is 18.4 Å². The van der Waals surface area contributed by atoms with E-state index in [2.05, 4.69) is 20.3 Å². The van der Waals surface area contributed by atoms with E-state index in [0.717, 1.165) is 5.69 Å². The Labute approximate surface area is 175 Å². The van der Waals surface area contributed by atoms with Gasteiger partial charge in [0.25, 0.3) is 0 Å². The molecule has 1 fully saturated rings. The summed E-state index contributed by atoms with van der Waals surface area (Å²) in [6.45, 7) is 2.35. The standard InChI is InChI=1S/C21H22FN5O2S/c1-15-14-17(6-7-18(15)22)30(28,29)27-12-8-16(9-13-27)19-4-2-5-20(25-19)26-21-23-10-3-11-24-21/h2-7,10-11,14,16H,8-9,12-13H2,1H3,(H,23,24,25,26). The second kappa shape index (κ2) is 8.45. The molecule has 0 unspecified atom stereocenters. The van der Waals surface area contributed by atoms with Crippen LogP contribution in [0.25, 0.3) is 0 Å². The van der Waals surface area contributed by atoms with Crippen LogP contribution in [-0.2, 0) is 10.0 Å². The molecule has 1 aliphatic rings. The van der Waals surface area contributed by atoms with Gasteiger partial charge < -0.3 is 5.32 Å². The number of nitrogens with one attached hydrogen (secondary N) is 1. The van der Waals surface area contributed by atoms with Crippen LogP contribution in [0.3, 0.4) is 0 Å². The van der Waals surface area contributed by atoms with Gasteiger partial charge in [-0.15, -0.1) is 0 Å². The lowest BCUT2D eigenvalue weighted by molar-refractivity contribution is 0.317. The summed E-state index contributed by atoms with van der Waals surface area (Å²) in [5.74, 6) is 0.867. The highest BCUT2D eigenvalue weighted by Gasteiger charge is 2.30. The Balaban J connectivity index is 1.44. The molecule has 1 saturated heterocycles. The quantitative estimate of drug-likeness (QED) is 0.669. The van der Waals surface area contributed by atoms with Gasteiger partial charge in [-0.2, -0.15) is 4.31 Å². The van der Waals surface area contributed by atoms with Crippen molar-refractivity contribution in [3.05, 3.63) is 71.9 Å². The Bertz CT molecular complexity index is 1130. The zero-order valence-corrected chi connectivity index (χ0v) is 17.3. The van der Waals surface area contributed by atoms with Gasteiger partial charge in [-0.1, -0.05) is 6.07 Å². The number of piperidine rings is 1. The molecule has 0 spiro atoms. The zero-order chi connectivity index (χ0) is 21.1. The van der Waals surface area contributed by atoms with Gasteiger partial charge in [0.1, 0.15) is 11.6 Å². The van der Waals surface area contributed by atoms with Gasteiger partial charge in [0, 0.05) is 37.1 Å². The molecule has 0 amide bonds. The molecular weight excluding hydrogens is 405 g/mol. The molecule has 0 bridgehead atoms. The van der Waals surface area contributed by atoms with Crippen LogP contribution in [0.5, 0.6) is 0 Å². The number of hydrogen-bond acceptors (Lipinski definition) is 6. The maximum Gasteiger partial charge on any atom is 0.243 e. The fourth-order valence-electron chi connectivity index (χ4n) is 3.55. The minimum absolute atomic E-state index is 0.132. The molecule has 1 N–H and O–H groups in total. The molecule has 1 aliphatic heterocycles. The largest absolute Gasteiger partial charge is 0.309 e. The van der Waals surface area contributed by atoms with E-state index in [9.17, 15) is 12.8 Å². The van der Waals surface area contributed by atoms with E-state index >= 15 is 0 Å². The van der Waals surface area contributed by atoms with Crippen LogP contribution in [0.2, 0.25) is 0 Å². The lowest BCUT2D eigenvalue weighted by Crippen LogP contribution is -2.38. The third kappa shape index (κ3) is 4.31. The smallest absolute Gasteiger partial charge is 0.243 e. The number of anilines is 2. The highest BCUT2D eigenvalue weighted by molar-refractivity contribution is 7.89. The normalized spacial score (nSPS) is 15.8. The average molecular weight is 428 g/mol. The molecule has 9 heteroatoms. The van der Waals surface area contributed by atoms with Crippen LogP contribution in [0.1, 0.15) is 30.0 Å². The minimum atomic E-state index is -3.64. The predicted octanol–water partition coefficient (Wildman–Crippen LogP) is 3.63. The number of halogens is 1. The van der Waals surface area contributed by atoms with Crippen LogP contribution in [-0.4, -0.2) is 40.8 Å². The van der Waals surface area contributed by atoms with Crippen LogP contribution >= 0.6 is 0 Å². The molecule has 3 aromatic rings. The molecule has 0 saturated carbocycles. The fraction of sp³-hybridized carbons (Fsp3) is 0.286. The topological polar surface area (TPSA) is 88.1 Å². The first-order valence-electron chi connectivity index (χ1n) is 9.71. The van der Waals surface area contributed by atoms with Crippen LogP contribution in [0.4, 0.5) is 16.2 Å². The molecule has 7 nitrogen and oxygen atoms in total. The summed E-state index contributed by atoms with van der Waals surface area (Å²) in [5.41, 5.74) is 1.23. The molecular formula is C21H22FN5O2S. The average Bonchev–Trinajstić information content (AvgIpc) is 2.76. The Morgan fingerprint density at radius 1 is 1.07 bits per heavy atom.